The molecule has 7 heteroatoms. The average molecular weight is 337 g/mol. The van der Waals surface area contributed by atoms with Crippen molar-refractivity contribution in [3.05, 3.63) is 41.4 Å². The van der Waals surface area contributed by atoms with E-state index in [0.717, 1.165) is 12.0 Å². The maximum Gasteiger partial charge on any atom is 0.242 e. The molecule has 1 unspecified atom stereocenters. The van der Waals surface area contributed by atoms with Gasteiger partial charge in [0.25, 0.3) is 0 Å². The summed E-state index contributed by atoms with van der Waals surface area (Å²) in [4.78, 5) is 16.1. The van der Waals surface area contributed by atoms with Crippen LogP contribution in [0, 0.1) is 5.92 Å². The molecule has 0 radical (unpaired) electrons. The molecule has 23 heavy (non-hydrogen) atoms. The highest BCUT2D eigenvalue weighted by Crippen LogP contribution is 2.31. The number of halogens is 1. The largest absolute Gasteiger partial charge is 0.496 e. The van der Waals surface area contributed by atoms with Crippen molar-refractivity contribution in [2.24, 2.45) is 5.92 Å². The minimum atomic E-state index is -0.181. The second-order valence-corrected chi connectivity index (χ2v) is 6.17. The molecule has 0 saturated carbocycles. The summed E-state index contributed by atoms with van der Waals surface area (Å²) in [6.07, 6.45) is 3.69. The molecular formula is C16H21ClN4O2. The molecule has 1 heterocycles. The summed E-state index contributed by atoms with van der Waals surface area (Å²) < 4.78 is 6.90. The van der Waals surface area contributed by atoms with Crippen molar-refractivity contribution >= 4 is 17.5 Å². The van der Waals surface area contributed by atoms with Crippen LogP contribution in [0.1, 0.15) is 31.9 Å². The van der Waals surface area contributed by atoms with Crippen LogP contribution in [0.5, 0.6) is 5.75 Å². The number of ether oxygens (including phenoxy) is 1. The summed E-state index contributed by atoms with van der Waals surface area (Å²) in [6, 6.07) is 5.24. The van der Waals surface area contributed by atoms with Gasteiger partial charge in [-0.3, -0.25) is 4.79 Å². The van der Waals surface area contributed by atoms with Crippen LogP contribution in [0.4, 0.5) is 0 Å². The molecule has 1 N–H and O–H groups in total. The highest BCUT2D eigenvalue weighted by Gasteiger charge is 2.20. The number of nitrogens with one attached hydrogen (secondary N) is 1. The van der Waals surface area contributed by atoms with Gasteiger partial charge >= 0.3 is 0 Å². The Labute approximate surface area is 140 Å². The standard InChI is InChI=1S/C16H21ClN4O2/c1-11(2)6-14(13-7-12(17)4-5-15(13)23-3)20-16(22)8-21-10-18-9-19-21/h4-5,7,9-11,14H,6,8H2,1-3H3,(H,20,22). The van der Waals surface area contributed by atoms with Crippen molar-refractivity contribution in [1.82, 2.24) is 20.1 Å². The maximum absolute atomic E-state index is 12.3. The van der Waals surface area contributed by atoms with Crippen molar-refractivity contribution in [3.63, 3.8) is 0 Å². The number of hydrogen-bond acceptors (Lipinski definition) is 4. The van der Waals surface area contributed by atoms with E-state index < -0.39 is 0 Å². The van der Waals surface area contributed by atoms with Gasteiger partial charge in [0.2, 0.25) is 5.91 Å². The average Bonchev–Trinajstić information content (AvgIpc) is 2.98. The Bertz CT molecular complexity index is 644. The fourth-order valence-corrected chi connectivity index (χ4v) is 2.59. The number of hydrogen-bond donors (Lipinski definition) is 1. The molecule has 2 aromatic rings. The maximum atomic E-state index is 12.3. The first-order valence-corrected chi connectivity index (χ1v) is 7.82. The SMILES string of the molecule is COc1ccc(Cl)cc1C(CC(C)C)NC(=O)Cn1cncn1. The monoisotopic (exact) mass is 336 g/mol. The van der Waals surface area contributed by atoms with Gasteiger partial charge in [-0.25, -0.2) is 9.67 Å². The number of amides is 1. The zero-order valence-corrected chi connectivity index (χ0v) is 14.2. The molecule has 0 saturated heterocycles. The summed E-state index contributed by atoms with van der Waals surface area (Å²) in [6.45, 7) is 4.33. The van der Waals surface area contributed by atoms with Crippen LogP contribution < -0.4 is 10.1 Å². The van der Waals surface area contributed by atoms with Gasteiger partial charge in [-0.15, -0.1) is 0 Å². The van der Waals surface area contributed by atoms with Crippen molar-refractivity contribution in [3.8, 4) is 5.75 Å². The predicted molar refractivity (Wildman–Crippen MR) is 88.4 cm³/mol. The Kier molecular flexibility index (Phi) is 5.98. The van der Waals surface area contributed by atoms with E-state index in [0.29, 0.717) is 16.7 Å². The molecule has 0 bridgehead atoms. The van der Waals surface area contributed by atoms with Crippen LogP contribution in [0.2, 0.25) is 5.02 Å². The Morgan fingerprint density at radius 3 is 2.83 bits per heavy atom. The highest BCUT2D eigenvalue weighted by molar-refractivity contribution is 6.30. The highest BCUT2D eigenvalue weighted by atomic mass is 35.5. The molecular weight excluding hydrogens is 316 g/mol. The second kappa shape index (κ2) is 7.97. The van der Waals surface area contributed by atoms with Gasteiger partial charge in [0.1, 0.15) is 24.9 Å². The lowest BCUT2D eigenvalue weighted by Crippen LogP contribution is -2.32. The zero-order chi connectivity index (χ0) is 16.8. The van der Waals surface area contributed by atoms with E-state index in [4.69, 9.17) is 16.3 Å². The Hall–Kier alpha value is -2.08. The number of aromatic nitrogens is 3. The van der Waals surface area contributed by atoms with Gasteiger partial charge < -0.3 is 10.1 Å². The zero-order valence-electron chi connectivity index (χ0n) is 13.5. The summed E-state index contributed by atoms with van der Waals surface area (Å²) >= 11 is 6.12. The van der Waals surface area contributed by atoms with Gasteiger partial charge in [0.05, 0.1) is 13.2 Å². The van der Waals surface area contributed by atoms with Crippen LogP contribution >= 0.6 is 11.6 Å². The molecule has 0 fully saturated rings. The molecule has 0 aliphatic rings. The smallest absolute Gasteiger partial charge is 0.242 e. The van der Waals surface area contributed by atoms with Gasteiger partial charge in [-0.05, 0) is 30.5 Å². The summed E-state index contributed by atoms with van der Waals surface area (Å²) in [7, 11) is 1.61. The van der Waals surface area contributed by atoms with E-state index in [1.54, 1.807) is 13.2 Å². The van der Waals surface area contributed by atoms with Crippen LogP contribution in [0.15, 0.2) is 30.9 Å². The quantitative estimate of drug-likeness (QED) is 0.844. The van der Waals surface area contributed by atoms with Gasteiger partial charge in [-0.2, -0.15) is 5.10 Å². The first kappa shape index (κ1) is 17.3. The number of benzene rings is 1. The van der Waals surface area contributed by atoms with Crippen molar-refractivity contribution in [2.75, 3.05) is 7.11 Å². The lowest BCUT2D eigenvalue weighted by molar-refractivity contribution is -0.122. The Morgan fingerprint density at radius 1 is 1.43 bits per heavy atom. The Morgan fingerprint density at radius 2 is 2.22 bits per heavy atom. The third kappa shape index (κ3) is 4.96. The topological polar surface area (TPSA) is 69.0 Å². The van der Waals surface area contributed by atoms with Gasteiger partial charge in [0, 0.05) is 10.6 Å². The molecule has 1 atom stereocenters. The second-order valence-electron chi connectivity index (χ2n) is 5.73. The third-order valence-electron chi connectivity index (χ3n) is 3.38. The number of nitrogens with zero attached hydrogens (tertiary/aromatic N) is 3. The van der Waals surface area contributed by atoms with Gasteiger partial charge in [0.15, 0.2) is 0 Å². The van der Waals surface area contributed by atoms with E-state index >= 15 is 0 Å². The minimum absolute atomic E-state index is 0.122. The molecule has 1 amide bonds. The van der Waals surface area contributed by atoms with Crippen molar-refractivity contribution in [2.45, 2.75) is 32.9 Å². The van der Waals surface area contributed by atoms with E-state index in [-0.39, 0.29) is 18.5 Å². The van der Waals surface area contributed by atoms with Gasteiger partial charge in [-0.1, -0.05) is 25.4 Å². The van der Waals surface area contributed by atoms with Crippen LogP contribution in [0.25, 0.3) is 0 Å². The molecule has 1 aromatic carbocycles. The lowest BCUT2D eigenvalue weighted by Gasteiger charge is -2.23. The molecule has 0 aliphatic heterocycles. The molecule has 0 spiro atoms. The number of rotatable bonds is 7. The molecule has 1 aromatic heterocycles. The molecule has 0 aliphatic carbocycles. The van der Waals surface area contributed by atoms with Crippen LogP contribution in [-0.4, -0.2) is 27.8 Å². The number of methoxy groups -OCH3 is 1. The Balaban J connectivity index is 2.19. The van der Waals surface area contributed by atoms with E-state index in [2.05, 4.69) is 29.2 Å². The first-order chi connectivity index (χ1) is 11.0. The van der Waals surface area contributed by atoms with Crippen molar-refractivity contribution < 1.29 is 9.53 Å². The molecule has 6 nitrogen and oxygen atoms in total. The van der Waals surface area contributed by atoms with E-state index in [1.165, 1.54) is 17.3 Å². The summed E-state index contributed by atoms with van der Waals surface area (Å²) in [5, 5.41) is 7.59. The van der Waals surface area contributed by atoms with Crippen molar-refractivity contribution in [1.29, 1.82) is 0 Å². The fraction of sp³-hybridized carbons (Fsp3) is 0.438. The summed E-state index contributed by atoms with van der Waals surface area (Å²) in [5.41, 5.74) is 0.876. The number of carbonyl (C=O) groups is 1. The number of carbonyl (C=O) groups excluding carboxylic acids is 1. The predicted octanol–water partition coefficient (Wildman–Crippen LogP) is 2.84. The summed E-state index contributed by atoms with van der Waals surface area (Å²) in [5.74, 6) is 0.972. The normalized spacial score (nSPS) is 12.2. The minimum Gasteiger partial charge on any atom is -0.496 e. The molecule has 124 valence electrons. The molecule has 2 rings (SSSR count). The fourth-order valence-electron chi connectivity index (χ4n) is 2.41. The lowest BCUT2D eigenvalue weighted by atomic mass is 9.96. The van der Waals surface area contributed by atoms with E-state index in [1.807, 2.05) is 12.1 Å². The van der Waals surface area contributed by atoms with E-state index in [9.17, 15) is 4.79 Å². The van der Waals surface area contributed by atoms with Crippen LogP contribution in [-0.2, 0) is 11.3 Å². The first-order valence-electron chi connectivity index (χ1n) is 7.44. The third-order valence-corrected chi connectivity index (χ3v) is 3.62. The van der Waals surface area contributed by atoms with Crippen LogP contribution in [0.3, 0.4) is 0 Å².